The highest BCUT2D eigenvalue weighted by Gasteiger charge is 2.42. The van der Waals surface area contributed by atoms with E-state index in [9.17, 15) is 19.8 Å². The molecule has 1 aromatic heterocycles. The molecule has 0 aliphatic carbocycles. The van der Waals surface area contributed by atoms with Crippen LogP contribution < -0.4 is 0 Å². The van der Waals surface area contributed by atoms with E-state index in [0.717, 1.165) is 10.5 Å². The fourth-order valence-corrected chi connectivity index (χ4v) is 3.19. The van der Waals surface area contributed by atoms with Crippen LogP contribution in [0.15, 0.2) is 42.7 Å². The molecule has 8 heteroatoms. The number of carbonyl (C=O) groups excluding carboxylic acids is 2. The molecule has 136 valence electrons. The average Bonchev–Trinajstić information content (AvgIpc) is 2.96. The van der Waals surface area contributed by atoms with Gasteiger partial charge in [0.15, 0.2) is 11.5 Å². The summed E-state index contributed by atoms with van der Waals surface area (Å²) in [4.78, 5) is 34.4. The van der Waals surface area contributed by atoms with Crippen LogP contribution in [0.5, 0.6) is 11.5 Å². The number of hydrogen-bond donors (Lipinski definition) is 2. The summed E-state index contributed by atoms with van der Waals surface area (Å²) in [7, 11) is 0. The molecule has 0 spiro atoms. The summed E-state index contributed by atoms with van der Waals surface area (Å²) in [6, 6.07) is 8.87. The normalized spacial score (nSPS) is 13.3. The zero-order valence-corrected chi connectivity index (χ0v) is 14.3. The summed E-state index contributed by atoms with van der Waals surface area (Å²) in [6.07, 6.45) is 5.55. The van der Waals surface area contributed by atoms with Crippen LogP contribution in [0.25, 0.3) is 17.1 Å². The number of nitriles is 1. The second kappa shape index (κ2) is 6.48. The van der Waals surface area contributed by atoms with Gasteiger partial charge in [-0.25, -0.2) is 9.97 Å². The first-order valence-corrected chi connectivity index (χ1v) is 8.23. The summed E-state index contributed by atoms with van der Waals surface area (Å²) in [6.45, 7) is -0.0589. The highest BCUT2D eigenvalue weighted by atomic mass is 16.3. The van der Waals surface area contributed by atoms with E-state index in [2.05, 4.69) is 9.97 Å². The molecular formula is C20H12N4O4. The SMILES string of the molecule is N#CC=Cc1cccc(CN2C(=O)c3c(c(O)c4nccnc4c3O)C2=O)c1. The van der Waals surface area contributed by atoms with Crippen molar-refractivity contribution in [3.05, 3.63) is 65.0 Å². The Balaban J connectivity index is 1.77. The zero-order valence-electron chi connectivity index (χ0n) is 14.3. The predicted octanol–water partition coefficient (Wildman–Crippen LogP) is 2.37. The molecule has 2 amide bonds. The predicted molar refractivity (Wildman–Crippen MR) is 98.2 cm³/mol. The van der Waals surface area contributed by atoms with Crippen LogP contribution in [0.3, 0.4) is 0 Å². The Bertz CT molecular complexity index is 1170. The van der Waals surface area contributed by atoms with Crippen LogP contribution in [0.2, 0.25) is 0 Å². The van der Waals surface area contributed by atoms with Gasteiger partial charge in [0.05, 0.1) is 12.6 Å². The van der Waals surface area contributed by atoms with Crippen LogP contribution >= 0.6 is 0 Å². The molecule has 2 aromatic carbocycles. The van der Waals surface area contributed by atoms with Crippen LogP contribution in [0.4, 0.5) is 0 Å². The molecule has 1 aliphatic rings. The Morgan fingerprint density at radius 1 is 1.04 bits per heavy atom. The van der Waals surface area contributed by atoms with E-state index in [-0.39, 0.29) is 28.7 Å². The Morgan fingerprint density at radius 2 is 1.64 bits per heavy atom. The van der Waals surface area contributed by atoms with Crippen molar-refractivity contribution in [2.45, 2.75) is 6.54 Å². The maximum absolute atomic E-state index is 12.8. The summed E-state index contributed by atoms with van der Waals surface area (Å²) >= 11 is 0. The average molecular weight is 372 g/mol. The van der Waals surface area contributed by atoms with Gasteiger partial charge < -0.3 is 10.2 Å². The van der Waals surface area contributed by atoms with Crippen molar-refractivity contribution in [3.63, 3.8) is 0 Å². The molecule has 1 aliphatic heterocycles. The fraction of sp³-hybridized carbons (Fsp3) is 0.0500. The Morgan fingerprint density at radius 3 is 2.21 bits per heavy atom. The fourth-order valence-electron chi connectivity index (χ4n) is 3.19. The number of allylic oxidation sites excluding steroid dienone is 1. The first-order valence-electron chi connectivity index (χ1n) is 8.23. The van der Waals surface area contributed by atoms with Crippen molar-refractivity contribution >= 4 is 28.9 Å². The number of nitrogens with zero attached hydrogens (tertiary/aromatic N) is 4. The van der Waals surface area contributed by atoms with E-state index in [4.69, 9.17) is 5.26 Å². The maximum atomic E-state index is 12.8. The molecule has 0 saturated carbocycles. The van der Waals surface area contributed by atoms with E-state index in [0.29, 0.717) is 5.56 Å². The van der Waals surface area contributed by atoms with Crippen LogP contribution in [-0.4, -0.2) is 36.9 Å². The number of amides is 2. The van der Waals surface area contributed by atoms with Gasteiger partial charge in [-0.1, -0.05) is 18.2 Å². The number of hydrogen-bond acceptors (Lipinski definition) is 7. The number of phenolic OH excluding ortho intramolecular Hbond substituents is 2. The van der Waals surface area contributed by atoms with Crippen LogP contribution in [0.1, 0.15) is 31.8 Å². The van der Waals surface area contributed by atoms with E-state index in [1.807, 2.05) is 6.07 Å². The smallest absolute Gasteiger partial charge is 0.265 e. The minimum absolute atomic E-state index is 0.0506. The van der Waals surface area contributed by atoms with Gasteiger partial charge >= 0.3 is 0 Å². The summed E-state index contributed by atoms with van der Waals surface area (Å²) in [5.41, 5.74) is 0.720. The number of phenols is 2. The van der Waals surface area contributed by atoms with Crippen LogP contribution in [-0.2, 0) is 6.54 Å². The number of benzene rings is 2. The van der Waals surface area contributed by atoms with Gasteiger partial charge in [-0.15, -0.1) is 0 Å². The van der Waals surface area contributed by atoms with Gasteiger partial charge in [0.1, 0.15) is 22.2 Å². The lowest BCUT2D eigenvalue weighted by molar-refractivity contribution is 0.0641. The van der Waals surface area contributed by atoms with Crippen molar-refractivity contribution < 1.29 is 19.8 Å². The minimum atomic E-state index is -0.724. The monoisotopic (exact) mass is 372 g/mol. The summed E-state index contributed by atoms with van der Waals surface area (Å²) in [5, 5.41) is 29.5. The number of fused-ring (bicyclic) bond motifs is 2. The molecule has 2 heterocycles. The standard InChI is InChI=1S/C20H12N4O4/c21-6-2-5-11-3-1-4-12(9-11)10-24-19(27)13-14(20(24)28)18(26)16-15(17(13)25)22-7-8-23-16/h1-5,7-9,25-26H,10H2. The number of aromatic nitrogens is 2. The molecule has 0 fully saturated rings. The molecule has 0 unspecified atom stereocenters. The van der Waals surface area contributed by atoms with Crippen molar-refractivity contribution in [1.82, 2.24) is 14.9 Å². The highest BCUT2D eigenvalue weighted by molar-refractivity contribution is 6.26. The Kier molecular flexibility index (Phi) is 3.98. The van der Waals surface area contributed by atoms with Crippen molar-refractivity contribution in [3.8, 4) is 17.6 Å². The lowest BCUT2D eigenvalue weighted by Crippen LogP contribution is -2.29. The van der Waals surface area contributed by atoms with Gasteiger partial charge in [0.25, 0.3) is 11.8 Å². The third kappa shape index (κ3) is 2.54. The Hall–Kier alpha value is -4.25. The first kappa shape index (κ1) is 17.2. The largest absolute Gasteiger partial charge is 0.505 e. The molecule has 0 atom stereocenters. The van der Waals surface area contributed by atoms with Crippen LogP contribution in [0, 0.1) is 11.3 Å². The van der Waals surface area contributed by atoms with Gasteiger partial charge in [-0.2, -0.15) is 5.26 Å². The lowest BCUT2D eigenvalue weighted by Gasteiger charge is -2.14. The maximum Gasteiger partial charge on any atom is 0.265 e. The minimum Gasteiger partial charge on any atom is -0.505 e. The third-order valence-electron chi connectivity index (χ3n) is 4.43. The quantitative estimate of drug-likeness (QED) is 0.410. The lowest BCUT2D eigenvalue weighted by atomic mass is 10.1. The van der Waals surface area contributed by atoms with E-state index in [1.165, 1.54) is 18.5 Å². The second-order valence-electron chi connectivity index (χ2n) is 6.10. The molecule has 0 bridgehead atoms. The van der Waals surface area contributed by atoms with Gasteiger partial charge in [-0.05, 0) is 23.3 Å². The third-order valence-corrected chi connectivity index (χ3v) is 4.43. The van der Waals surface area contributed by atoms with Crippen molar-refractivity contribution in [1.29, 1.82) is 5.26 Å². The molecule has 2 N–H and O–H groups in total. The van der Waals surface area contributed by atoms with Gasteiger partial charge in [-0.3, -0.25) is 14.5 Å². The van der Waals surface area contributed by atoms with E-state index >= 15 is 0 Å². The number of aromatic hydroxyl groups is 2. The van der Waals surface area contributed by atoms with Crippen molar-refractivity contribution in [2.24, 2.45) is 0 Å². The molecule has 28 heavy (non-hydrogen) atoms. The molecule has 3 aromatic rings. The summed E-state index contributed by atoms with van der Waals surface area (Å²) in [5.74, 6) is -2.42. The van der Waals surface area contributed by atoms with Gasteiger partial charge in [0, 0.05) is 18.5 Å². The topological polar surface area (TPSA) is 127 Å². The number of rotatable bonds is 3. The first-order chi connectivity index (χ1) is 13.5. The van der Waals surface area contributed by atoms with E-state index < -0.39 is 23.3 Å². The van der Waals surface area contributed by atoms with E-state index in [1.54, 1.807) is 30.3 Å². The van der Waals surface area contributed by atoms with Gasteiger partial charge in [0.2, 0.25) is 0 Å². The zero-order chi connectivity index (χ0) is 19.8. The molecule has 8 nitrogen and oxygen atoms in total. The highest BCUT2D eigenvalue weighted by Crippen LogP contribution is 2.42. The summed E-state index contributed by atoms with van der Waals surface area (Å²) < 4.78 is 0. The number of carbonyl (C=O) groups is 2. The molecule has 0 saturated heterocycles. The molecule has 4 rings (SSSR count). The number of imide groups is 1. The van der Waals surface area contributed by atoms with Crippen molar-refractivity contribution in [2.75, 3.05) is 0 Å². The Labute approximate surface area is 158 Å². The molecule has 0 radical (unpaired) electrons. The molecular weight excluding hydrogens is 360 g/mol. The second-order valence-corrected chi connectivity index (χ2v) is 6.10.